The van der Waals surface area contributed by atoms with Gasteiger partial charge in [0, 0.05) is 23.8 Å². The third-order valence-corrected chi connectivity index (χ3v) is 6.32. The Morgan fingerprint density at radius 1 is 1.18 bits per heavy atom. The van der Waals surface area contributed by atoms with Gasteiger partial charge < -0.3 is 14.8 Å². The van der Waals surface area contributed by atoms with Gasteiger partial charge in [0.15, 0.2) is 6.10 Å². The highest BCUT2D eigenvalue weighted by atomic mass is 35.5. The average molecular weight is 425 g/mol. The van der Waals surface area contributed by atoms with Crippen LogP contribution >= 0.6 is 11.6 Å². The molecule has 9 heteroatoms. The highest BCUT2D eigenvalue weighted by Gasteiger charge is 2.26. The molecule has 150 valence electrons. The lowest BCUT2D eigenvalue weighted by Crippen LogP contribution is -2.40. The summed E-state index contributed by atoms with van der Waals surface area (Å²) in [5.41, 5.74) is 0.376. The number of benzene rings is 2. The number of amides is 1. The van der Waals surface area contributed by atoms with Crippen LogP contribution in [0, 0.1) is 0 Å². The van der Waals surface area contributed by atoms with Gasteiger partial charge in [-0.2, -0.15) is 4.31 Å². The summed E-state index contributed by atoms with van der Waals surface area (Å²) in [4.78, 5) is 12.5. The zero-order valence-corrected chi connectivity index (χ0v) is 16.9. The van der Waals surface area contributed by atoms with Crippen molar-refractivity contribution in [1.29, 1.82) is 0 Å². The Balaban J connectivity index is 1.69. The first-order chi connectivity index (χ1) is 13.4. The maximum Gasteiger partial charge on any atom is 0.265 e. The van der Waals surface area contributed by atoms with Crippen LogP contribution in [0.3, 0.4) is 0 Å². The second-order valence-electron chi connectivity index (χ2n) is 6.25. The molecule has 28 heavy (non-hydrogen) atoms. The second kappa shape index (κ2) is 8.91. The molecule has 1 amide bonds. The fourth-order valence-corrected chi connectivity index (χ4v) is 4.35. The van der Waals surface area contributed by atoms with Gasteiger partial charge in [0.1, 0.15) is 5.75 Å². The Hall–Kier alpha value is -2.13. The van der Waals surface area contributed by atoms with Crippen LogP contribution in [0.25, 0.3) is 0 Å². The number of anilines is 1. The molecule has 1 fully saturated rings. The molecule has 0 unspecified atom stereocenters. The standard InChI is InChI=1S/C19H21ClN2O5S/c1-14(27-17-6-2-4-15(20)12-17)19(23)21-16-5-3-7-18(13-16)28(24,25)22-8-10-26-11-9-22/h2-7,12-14H,8-11H2,1H3,(H,21,23)/t14-/m1/s1. The molecule has 1 heterocycles. The number of carbonyl (C=O) groups is 1. The molecule has 3 rings (SSSR count). The highest BCUT2D eigenvalue weighted by Crippen LogP contribution is 2.22. The Morgan fingerprint density at radius 3 is 2.61 bits per heavy atom. The maximum atomic E-state index is 12.8. The fraction of sp³-hybridized carbons (Fsp3) is 0.316. The van der Waals surface area contributed by atoms with E-state index in [0.29, 0.717) is 42.8 Å². The van der Waals surface area contributed by atoms with Crippen LogP contribution in [0.4, 0.5) is 5.69 Å². The van der Waals surface area contributed by atoms with Crippen LogP contribution in [0.1, 0.15) is 6.92 Å². The van der Waals surface area contributed by atoms with E-state index >= 15 is 0 Å². The van der Waals surface area contributed by atoms with Crippen molar-refractivity contribution in [1.82, 2.24) is 4.31 Å². The Bertz CT molecular complexity index is 945. The topological polar surface area (TPSA) is 84.9 Å². The Labute approximate surface area is 169 Å². The molecule has 1 atom stereocenters. The molecule has 2 aromatic carbocycles. The van der Waals surface area contributed by atoms with Crippen molar-refractivity contribution < 1.29 is 22.7 Å². The van der Waals surface area contributed by atoms with Crippen LogP contribution < -0.4 is 10.1 Å². The minimum absolute atomic E-state index is 0.121. The summed E-state index contributed by atoms with van der Waals surface area (Å²) < 4.78 is 37.7. The third-order valence-electron chi connectivity index (χ3n) is 4.19. The molecule has 0 spiro atoms. The summed E-state index contributed by atoms with van der Waals surface area (Å²) >= 11 is 5.91. The predicted octanol–water partition coefficient (Wildman–Crippen LogP) is 2.77. The first kappa shape index (κ1) is 20.6. The zero-order valence-electron chi connectivity index (χ0n) is 15.3. The number of halogens is 1. The lowest BCUT2D eigenvalue weighted by Gasteiger charge is -2.26. The smallest absolute Gasteiger partial charge is 0.265 e. The monoisotopic (exact) mass is 424 g/mol. The van der Waals surface area contributed by atoms with Crippen molar-refractivity contribution in [3.05, 3.63) is 53.6 Å². The summed E-state index contributed by atoms with van der Waals surface area (Å²) in [5, 5.41) is 3.19. The molecule has 1 aliphatic heterocycles. The number of morpholine rings is 1. The quantitative estimate of drug-likeness (QED) is 0.770. The third kappa shape index (κ3) is 5.02. The summed E-state index contributed by atoms with van der Waals surface area (Å²) in [6, 6.07) is 12.9. The lowest BCUT2D eigenvalue weighted by molar-refractivity contribution is -0.122. The van der Waals surface area contributed by atoms with E-state index in [-0.39, 0.29) is 4.90 Å². The molecule has 0 aliphatic carbocycles. The van der Waals surface area contributed by atoms with E-state index in [1.54, 1.807) is 43.3 Å². The Kier molecular flexibility index (Phi) is 6.56. The van der Waals surface area contributed by atoms with Crippen LogP contribution in [0.15, 0.2) is 53.4 Å². The van der Waals surface area contributed by atoms with Crippen molar-refractivity contribution in [2.75, 3.05) is 31.6 Å². The molecule has 1 N–H and O–H groups in total. The molecule has 0 radical (unpaired) electrons. The molecule has 0 aromatic heterocycles. The normalized spacial score (nSPS) is 16.4. The minimum Gasteiger partial charge on any atom is -0.481 e. The van der Waals surface area contributed by atoms with Gasteiger partial charge in [0.2, 0.25) is 10.0 Å². The molecular weight excluding hydrogens is 404 g/mol. The van der Waals surface area contributed by atoms with Gasteiger partial charge in [-0.25, -0.2) is 8.42 Å². The number of nitrogens with one attached hydrogen (secondary N) is 1. The summed E-state index contributed by atoms with van der Waals surface area (Å²) in [6.07, 6.45) is -0.794. The molecule has 1 saturated heterocycles. The van der Waals surface area contributed by atoms with E-state index in [0.717, 1.165) is 0 Å². The van der Waals surface area contributed by atoms with E-state index in [1.807, 2.05) is 0 Å². The van der Waals surface area contributed by atoms with Gasteiger partial charge in [-0.1, -0.05) is 23.7 Å². The van der Waals surface area contributed by atoms with E-state index in [9.17, 15) is 13.2 Å². The van der Waals surface area contributed by atoms with Crippen molar-refractivity contribution in [2.45, 2.75) is 17.9 Å². The van der Waals surface area contributed by atoms with E-state index in [2.05, 4.69) is 5.32 Å². The SMILES string of the molecule is C[C@@H](Oc1cccc(Cl)c1)C(=O)Nc1cccc(S(=O)(=O)N2CCOCC2)c1. The number of nitrogens with zero attached hydrogens (tertiary/aromatic N) is 1. The number of carbonyl (C=O) groups excluding carboxylic acids is 1. The predicted molar refractivity (Wildman–Crippen MR) is 106 cm³/mol. The first-order valence-electron chi connectivity index (χ1n) is 8.77. The van der Waals surface area contributed by atoms with E-state index < -0.39 is 22.0 Å². The van der Waals surface area contributed by atoms with Crippen LogP contribution in [0.5, 0.6) is 5.75 Å². The minimum atomic E-state index is -3.64. The van der Waals surface area contributed by atoms with Crippen LogP contribution in [-0.2, 0) is 19.6 Å². The second-order valence-corrected chi connectivity index (χ2v) is 8.63. The molecule has 2 aromatic rings. The van der Waals surface area contributed by atoms with Gasteiger partial charge in [-0.3, -0.25) is 4.79 Å². The van der Waals surface area contributed by atoms with Crippen LogP contribution in [-0.4, -0.2) is 51.0 Å². The number of hydrogen-bond donors (Lipinski definition) is 1. The summed E-state index contributed by atoms with van der Waals surface area (Å²) in [5.74, 6) is 0.0692. The Morgan fingerprint density at radius 2 is 1.89 bits per heavy atom. The van der Waals surface area contributed by atoms with Crippen molar-refractivity contribution in [3.63, 3.8) is 0 Å². The summed E-state index contributed by atoms with van der Waals surface area (Å²) in [6.45, 7) is 2.96. The largest absolute Gasteiger partial charge is 0.481 e. The fourth-order valence-electron chi connectivity index (χ4n) is 2.71. The first-order valence-corrected chi connectivity index (χ1v) is 10.6. The van der Waals surface area contributed by atoms with Gasteiger partial charge in [-0.15, -0.1) is 0 Å². The highest BCUT2D eigenvalue weighted by molar-refractivity contribution is 7.89. The molecule has 0 bridgehead atoms. The average Bonchev–Trinajstić information content (AvgIpc) is 2.69. The van der Waals surface area contributed by atoms with Gasteiger partial charge >= 0.3 is 0 Å². The zero-order chi connectivity index (χ0) is 20.1. The molecular formula is C19H21ClN2O5S. The van der Waals surface area contributed by atoms with Crippen molar-refractivity contribution in [2.24, 2.45) is 0 Å². The van der Waals surface area contributed by atoms with Crippen LogP contribution in [0.2, 0.25) is 5.02 Å². The van der Waals surface area contributed by atoms with Gasteiger partial charge in [-0.05, 0) is 43.3 Å². The number of sulfonamides is 1. The number of rotatable bonds is 6. The van der Waals surface area contributed by atoms with E-state index in [4.69, 9.17) is 21.1 Å². The van der Waals surface area contributed by atoms with E-state index in [1.165, 1.54) is 16.4 Å². The molecule has 7 nitrogen and oxygen atoms in total. The summed E-state index contributed by atoms with van der Waals surface area (Å²) in [7, 11) is -3.64. The van der Waals surface area contributed by atoms with Gasteiger partial charge in [0.05, 0.1) is 18.1 Å². The van der Waals surface area contributed by atoms with Crippen molar-refractivity contribution in [3.8, 4) is 5.75 Å². The number of hydrogen-bond acceptors (Lipinski definition) is 5. The van der Waals surface area contributed by atoms with Gasteiger partial charge in [0.25, 0.3) is 5.91 Å². The molecule has 1 aliphatic rings. The molecule has 0 saturated carbocycles. The lowest BCUT2D eigenvalue weighted by atomic mass is 10.3. The maximum absolute atomic E-state index is 12.8. The van der Waals surface area contributed by atoms with Crippen molar-refractivity contribution >= 4 is 33.2 Å². The number of ether oxygens (including phenoxy) is 2.